The van der Waals surface area contributed by atoms with E-state index in [1.165, 1.54) is 51.0 Å². The minimum atomic E-state index is 0. The van der Waals surface area contributed by atoms with Gasteiger partial charge in [-0.3, -0.25) is 4.90 Å². The summed E-state index contributed by atoms with van der Waals surface area (Å²) in [5.74, 6) is 1.72. The smallest absolute Gasteiger partial charge is 0.128 e. The number of nitrogens with one attached hydrogen (secondary N) is 1. The summed E-state index contributed by atoms with van der Waals surface area (Å²) in [6.45, 7) is 5.66. The summed E-state index contributed by atoms with van der Waals surface area (Å²) < 4.78 is 12.0. The number of likely N-dealkylation sites (tertiary alicyclic amines) is 1. The van der Waals surface area contributed by atoms with Crippen LogP contribution in [0.25, 0.3) is 0 Å². The molecule has 6 heteroatoms. The summed E-state index contributed by atoms with van der Waals surface area (Å²) in [7, 11) is 3.41. The Morgan fingerprint density at radius 3 is 2.57 bits per heavy atom. The number of nitrogens with zero attached hydrogens (tertiary/aromatic N) is 1. The largest absolute Gasteiger partial charge is 0.497 e. The van der Waals surface area contributed by atoms with E-state index in [0.717, 1.165) is 22.5 Å². The van der Waals surface area contributed by atoms with E-state index in [4.69, 9.17) is 9.47 Å². The highest BCUT2D eigenvalue weighted by Crippen LogP contribution is 2.41. The second-order valence-corrected chi connectivity index (χ2v) is 7.36. The van der Waals surface area contributed by atoms with Gasteiger partial charge in [-0.05, 0) is 50.4 Å². The molecule has 2 fully saturated rings. The zero-order chi connectivity index (χ0) is 15.6. The monoisotopic (exact) mass is 404 g/mol. The Labute approximate surface area is 153 Å². The molecule has 2 aliphatic rings. The van der Waals surface area contributed by atoms with Crippen molar-refractivity contribution in [1.29, 1.82) is 0 Å². The van der Waals surface area contributed by atoms with Crippen molar-refractivity contribution in [2.75, 3.05) is 40.4 Å². The lowest BCUT2D eigenvalue weighted by molar-refractivity contribution is 0.193. The molecule has 0 unspecified atom stereocenters. The summed E-state index contributed by atoms with van der Waals surface area (Å²) in [6, 6.07) is 3.99. The maximum Gasteiger partial charge on any atom is 0.128 e. The highest BCUT2D eigenvalue weighted by atomic mass is 79.9. The minimum absolute atomic E-state index is 0. The number of benzene rings is 1. The molecule has 0 atom stereocenters. The Balaban J connectivity index is 0.00000192. The van der Waals surface area contributed by atoms with Crippen molar-refractivity contribution in [2.45, 2.75) is 25.8 Å². The molecule has 4 nitrogen and oxygen atoms in total. The normalized spacial score (nSPS) is 20.3. The summed E-state index contributed by atoms with van der Waals surface area (Å²) in [4.78, 5) is 2.57. The van der Waals surface area contributed by atoms with Gasteiger partial charge in [0, 0.05) is 29.2 Å². The van der Waals surface area contributed by atoms with Crippen molar-refractivity contribution in [3.8, 4) is 11.5 Å². The van der Waals surface area contributed by atoms with Crippen LogP contribution in [-0.2, 0) is 6.54 Å². The van der Waals surface area contributed by atoms with Crippen molar-refractivity contribution in [1.82, 2.24) is 10.2 Å². The van der Waals surface area contributed by atoms with Crippen LogP contribution in [0.3, 0.4) is 0 Å². The van der Waals surface area contributed by atoms with Gasteiger partial charge in [0.2, 0.25) is 0 Å². The quantitative estimate of drug-likeness (QED) is 0.832. The van der Waals surface area contributed by atoms with Gasteiger partial charge in [0.1, 0.15) is 11.5 Å². The topological polar surface area (TPSA) is 33.7 Å². The SMILES string of the molecule is COc1cc(Br)c(CN2CCC3(CCNCC3)C2)c(OC)c1.Cl. The molecule has 0 aromatic heterocycles. The number of hydrogen-bond donors (Lipinski definition) is 1. The number of hydrogen-bond acceptors (Lipinski definition) is 4. The molecule has 0 radical (unpaired) electrons. The molecule has 0 saturated carbocycles. The minimum Gasteiger partial charge on any atom is -0.497 e. The lowest BCUT2D eigenvalue weighted by Crippen LogP contribution is -2.38. The third-order valence-corrected chi connectivity index (χ3v) is 5.85. The van der Waals surface area contributed by atoms with Gasteiger partial charge in [0.25, 0.3) is 0 Å². The highest BCUT2D eigenvalue weighted by molar-refractivity contribution is 9.10. The van der Waals surface area contributed by atoms with Gasteiger partial charge in [0.05, 0.1) is 14.2 Å². The van der Waals surface area contributed by atoms with Crippen molar-refractivity contribution in [3.05, 3.63) is 22.2 Å². The average Bonchev–Trinajstić information content (AvgIpc) is 2.92. The number of ether oxygens (including phenoxy) is 2. The standard InChI is InChI=1S/C17H25BrN2O2.ClH/c1-21-13-9-15(18)14(16(10-13)22-2)11-20-8-5-17(12-20)3-6-19-7-4-17;/h9-10,19H,3-8,11-12H2,1-2H3;1H. The molecule has 1 spiro atoms. The van der Waals surface area contributed by atoms with Gasteiger partial charge in [-0.25, -0.2) is 0 Å². The Hall–Kier alpha value is -0.490. The van der Waals surface area contributed by atoms with Crippen LogP contribution in [0, 0.1) is 5.41 Å². The van der Waals surface area contributed by atoms with Crippen molar-refractivity contribution >= 4 is 28.3 Å². The van der Waals surface area contributed by atoms with Crippen molar-refractivity contribution in [3.63, 3.8) is 0 Å². The third kappa shape index (κ3) is 4.13. The second-order valence-electron chi connectivity index (χ2n) is 6.50. The fourth-order valence-electron chi connectivity index (χ4n) is 3.79. The number of piperidine rings is 1. The molecule has 1 aromatic carbocycles. The van der Waals surface area contributed by atoms with Gasteiger partial charge in [0.15, 0.2) is 0 Å². The van der Waals surface area contributed by atoms with Gasteiger partial charge in [-0.1, -0.05) is 15.9 Å². The lowest BCUT2D eigenvalue weighted by atomic mass is 9.78. The zero-order valence-corrected chi connectivity index (χ0v) is 16.3. The van der Waals surface area contributed by atoms with Gasteiger partial charge < -0.3 is 14.8 Å². The molecule has 2 saturated heterocycles. The molecule has 0 bridgehead atoms. The molecule has 0 aliphatic carbocycles. The molecule has 23 heavy (non-hydrogen) atoms. The number of halogens is 2. The Morgan fingerprint density at radius 1 is 1.17 bits per heavy atom. The first kappa shape index (κ1) is 18.8. The van der Waals surface area contributed by atoms with Crippen LogP contribution < -0.4 is 14.8 Å². The molecule has 2 heterocycles. The van der Waals surface area contributed by atoms with Crippen molar-refractivity contribution in [2.24, 2.45) is 5.41 Å². The van der Waals surface area contributed by atoms with E-state index in [-0.39, 0.29) is 12.4 Å². The van der Waals surface area contributed by atoms with Crippen LogP contribution in [-0.4, -0.2) is 45.3 Å². The van der Waals surface area contributed by atoms with Crippen LogP contribution in [0.15, 0.2) is 16.6 Å². The van der Waals surface area contributed by atoms with Crippen LogP contribution in [0.2, 0.25) is 0 Å². The predicted molar refractivity (Wildman–Crippen MR) is 98.9 cm³/mol. The predicted octanol–water partition coefficient (Wildman–Crippen LogP) is 3.46. The van der Waals surface area contributed by atoms with Gasteiger partial charge >= 0.3 is 0 Å². The van der Waals surface area contributed by atoms with E-state index >= 15 is 0 Å². The van der Waals surface area contributed by atoms with Crippen LogP contribution in [0.1, 0.15) is 24.8 Å². The molecule has 3 rings (SSSR count). The van der Waals surface area contributed by atoms with Gasteiger partial charge in [-0.2, -0.15) is 0 Å². The van der Waals surface area contributed by atoms with Crippen molar-refractivity contribution < 1.29 is 9.47 Å². The number of methoxy groups -OCH3 is 2. The van der Waals surface area contributed by atoms with Crippen LogP contribution >= 0.6 is 28.3 Å². The molecule has 0 amide bonds. The molecule has 2 aliphatic heterocycles. The van der Waals surface area contributed by atoms with E-state index in [1.807, 2.05) is 12.1 Å². The molecule has 1 N–H and O–H groups in total. The third-order valence-electron chi connectivity index (χ3n) is 5.15. The van der Waals surface area contributed by atoms with Crippen LogP contribution in [0.4, 0.5) is 0 Å². The maximum absolute atomic E-state index is 5.57. The maximum atomic E-state index is 5.57. The highest BCUT2D eigenvalue weighted by Gasteiger charge is 2.38. The average molecular weight is 406 g/mol. The van der Waals surface area contributed by atoms with E-state index < -0.39 is 0 Å². The van der Waals surface area contributed by atoms with E-state index in [2.05, 4.69) is 26.1 Å². The first-order chi connectivity index (χ1) is 10.7. The molecule has 130 valence electrons. The summed E-state index contributed by atoms with van der Waals surface area (Å²) in [6.07, 6.45) is 3.94. The van der Waals surface area contributed by atoms with E-state index in [9.17, 15) is 0 Å². The molecular formula is C17H26BrClN2O2. The molecule has 1 aromatic rings. The fourth-order valence-corrected chi connectivity index (χ4v) is 4.34. The number of rotatable bonds is 4. The van der Waals surface area contributed by atoms with Crippen LogP contribution in [0.5, 0.6) is 11.5 Å². The zero-order valence-electron chi connectivity index (χ0n) is 13.9. The Morgan fingerprint density at radius 2 is 1.91 bits per heavy atom. The Kier molecular flexibility index (Phi) is 6.60. The van der Waals surface area contributed by atoms with E-state index in [1.54, 1.807) is 14.2 Å². The summed E-state index contributed by atoms with van der Waals surface area (Å²) in [5.41, 5.74) is 1.76. The second kappa shape index (κ2) is 8.06. The first-order valence-corrected chi connectivity index (χ1v) is 8.78. The summed E-state index contributed by atoms with van der Waals surface area (Å²) >= 11 is 3.68. The lowest BCUT2D eigenvalue weighted by Gasteiger charge is -2.34. The fraction of sp³-hybridized carbons (Fsp3) is 0.647. The van der Waals surface area contributed by atoms with Gasteiger partial charge in [-0.15, -0.1) is 12.4 Å². The van der Waals surface area contributed by atoms with E-state index in [0.29, 0.717) is 5.41 Å². The summed E-state index contributed by atoms with van der Waals surface area (Å²) in [5, 5.41) is 3.48. The molecular weight excluding hydrogens is 380 g/mol. The first-order valence-electron chi connectivity index (χ1n) is 7.99. The Bertz CT molecular complexity index is 536.